The fourth-order valence-corrected chi connectivity index (χ4v) is 0.409. The van der Waals surface area contributed by atoms with Gasteiger partial charge in [-0.05, 0) is 6.92 Å². The Morgan fingerprint density at radius 3 is 2.50 bits per heavy atom. The van der Waals surface area contributed by atoms with E-state index in [-0.39, 0.29) is 0 Å². The summed E-state index contributed by atoms with van der Waals surface area (Å²) in [5, 5.41) is 8.23. The first-order valence-corrected chi connectivity index (χ1v) is 3.90. The lowest BCUT2D eigenvalue weighted by Gasteiger charge is -2.27. The van der Waals surface area contributed by atoms with E-state index in [1.54, 1.807) is 0 Å². The molecule has 0 aliphatic heterocycles. The second-order valence-electron chi connectivity index (χ2n) is 1.61. The van der Waals surface area contributed by atoms with Crippen LogP contribution < -0.4 is 9.79 Å². The molecule has 1 atom stereocenters. The van der Waals surface area contributed by atoms with E-state index in [9.17, 15) is 14.4 Å². The van der Waals surface area contributed by atoms with Crippen LogP contribution in [-0.2, 0) is 14.1 Å². The molecule has 0 fully saturated rings. The molecule has 0 spiro atoms. The maximum absolute atomic E-state index is 9.69. The van der Waals surface area contributed by atoms with Gasteiger partial charge in [0.15, 0.2) is 0 Å². The van der Waals surface area contributed by atoms with Crippen LogP contribution in [0.15, 0.2) is 0 Å². The van der Waals surface area contributed by atoms with Crippen molar-refractivity contribution >= 4 is 7.82 Å². The highest BCUT2D eigenvalue weighted by Gasteiger charge is 2.00. The topological polar surface area (TPSA) is 102 Å². The zero-order valence-electron chi connectivity index (χ0n) is 5.22. The summed E-state index contributed by atoms with van der Waals surface area (Å²) in [5.41, 5.74) is 0. The third-order valence-electron chi connectivity index (χ3n) is 0.556. The molecule has 0 saturated heterocycles. The Morgan fingerprint density at radius 2 is 2.20 bits per heavy atom. The predicted octanol–water partition coefficient (Wildman–Crippen LogP) is -1.86. The fraction of sp³-hybridized carbons (Fsp3) is 1.00. The Balaban J connectivity index is 3.46. The van der Waals surface area contributed by atoms with E-state index < -0.39 is 20.5 Å². The molecular weight excluding hydrogens is 163 g/mol. The maximum atomic E-state index is 9.69. The first kappa shape index (κ1) is 10.0. The van der Waals surface area contributed by atoms with Crippen molar-refractivity contribution in [3.63, 3.8) is 0 Å². The van der Waals surface area contributed by atoms with Gasteiger partial charge in [-0.3, -0.25) is 0 Å². The maximum Gasteiger partial charge on any atom is 0.113 e. The first-order chi connectivity index (χ1) is 4.45. The molecular formula is C3H7O6P-2. The minimum Gasteiger partial charge on any atom is -0.788 e. The van der Waals surface area contributed by atoms with Crippen LogP contribution in [-0.4, -0.2) is 17.8 Å². The number of phosphoric acid groups is 1. The second kappa shape index (κ2) is 4.02. The van der Waals surface area contributed by atoms with Crippen LogP contribution >= 0.6 is 7.82 Å². The molecule has 0 radical (unpaired) electrons. The molecule has 62 valence electrons. The molecule has 6 nitrogen and oxygen atoms in total. The number of hydrogen-bond donors (Lipinski definition) is 1. The van der Waals surface area contributed by atoms with Gasteiger partial charge in [0.05, 0.1) is 6.61 Å². The molecule has 0 amide bonds. The van der Waals surface area contributed by atoms with E-state index >= 15 is 0 Å². The highest BCUT2D eigenvalue weighted by molar-refractivity contribution is 7.43. The third kappa shape index (κ3) is 6.15. The van der Waals surface area contributed by atoms with Crippen molar-refractivity contribution in [2.45, 2.75) is 13.0 Å². The Morgan fingerprint density at radius 1 is 1.70 bits per heavy atom. The van der Waals surface area contributed by atoms with Crippen molar-refractivity contribution in [2.75, 3.05) is 6.61 Å². The number of hydrogen-bond acceptors (Lipinski definition) is 6. The predicted molar refractivity (Wildman–Crippen MR) is 26.3 cm³/mol. The molecule has 7 heteroatoms. The molecule has 0 bridgehead atoms. The van der Waals surface area contributed by atoms with Crippen LogP contribution in [0.1, 0.15) is 6.92 Å². The first-order valence-electron chi connectivity index (χ1n) is 2.43. The van der Waals surface area contributed by atoms with Crippen LogP contribution in [0.5, 0.6) is 0 Å². The highest BCUT2D eigenvalue weighted by atomic mass is 31.2. The second-order valence-corrected chi connectivity index (χ2v) is 2.65. The molecule has 0 rings (SSSR count). The normalized spacial score (nSPS) is 15.2. The van der Waals surface area contributed by atoms with Crippen LogP contribution in [0.3, 0.4) is 0 Å². The van der Waals surface area contributed by atoms with E-state index in [1.807, 2.05) is 0 Å². The van der Waals surface area contributed by atoms with Crippen molar-refractivity contribution in [1.29, 1.82) is 0 Å². The number of rotatable bonds is 4. The third-order valence-corrected chi connectivity index (χ3v) is 0.824. The Hall–Kier alpha value is 0.0300. The van der Waals surface area contributed by atoms with E-state index in [0.29, 0.717) is 0 Å². The van der Waals surface area contributed by atoms with E-state index in [2.05, 4.69) is 9.56 Å². The van der Waals surface area contributed by atoms with Gasteiger partial charge in [0.2, 0.25) is 0 Å². The molecule has 10 heavy (non-hydrogen) atoms. The summed E-state index contributed by atoms with van der Waals surface area (Å²) in [6.45, 7) is 0.926. The van der Waals surface area contributed by atoms with Crippen LogP contribution in [0.4, 0.5) is 0 Å². The lowest BCUT2D eigenvalue weighted by molar-refractivity contribution is -0.398. The number of aliphatic hydroxyl groups excluding tert-OH is 1. The monoisotopic (exact) mass is 170 g/mol. The van der Waals surface area contributed by atoms with E-state index in [1.165, 1.54) is 6.92 Å². The van der Waals surface area contributed by atoms with Crippen molar-refractivity contribution in [2.24, 2.45) is 0 Å². The van der Waals surface area contributed by atoms with Crippen molar-refractivity contribution in [1.82, 2.24) is 0 Å². The largest absolute Gasteiger partial charge is 0.788 e. The molecule has 1 unspecified atom stereocenters. The van der Waals surface area contributed by atoms with E-state index in [4.69, 9.17) is 5.11 Å². The summed E-state index contributed by atoms with van der Waals surface area (Å²) in [6, 6.07) is 0. The summed E-state index contributed by atoms with van der Waals surface area (Å²) < 4.78 is 13.1. The molecule has 0 aromatic heterocycles. The van der Waals surface area contributed by atoms with Gasteiger partial charge in [-0.2, -0.15) is 0 Å². The SMILES string of the molecule is CC(CO)OOP(=O)([O-])[O-]. The summed E-state index contributed by atoms with van der Waals surface area (Å²) >= 11 is 0. The molecule has 0 aromatic carbocycles. The summed E-state index contributed by atoms with van der Waals surface area (Å²) in [6.07, 6.45) is -0.823. The summed E-state index contributed by atoms with van der Waals surface area (Å²) in [5.74, 6) is 0. The van der Waals surface area contributed by atoms with Gasteiger partial charge in [0, 0.05) is 0 Å². The smallest absolute Gasteiger partial charge is 0.113 e. The van der Waals surface area contributed by atoms with E-state index in [0.717, 1.165) is 0 Å². The van der Waals surface area contributed by atoms with Crippen LogP contribution in [0, 0.1) is 0 Å². The zero-order valence-corrected chi connectivity index (χ0v) is 6.11. The molecule has 0 aliphatic carbocycles. The molecule has 0 aromatic rings. The lowest BCUT2D eigenvalue weighted by atomic mass is 10.5. The van der Waals surface area contributed by atoms with Gasteiger partial charge in [0.1, 0.15) is 13.9 Å². The minimum atomic E-state index is -5.07. The molecule has 0 heterocycles. The average Bonchev–Trinajstić information content (AvgIpc) is 1.81. The van der Waals surface area contributed by atoms with Crippen molar-refractivity contribution in [3.8, 4) is 0 Å². The van der Waals surface area contributed by atoms with Gasteiger partial charge < -0.3 is 19.5 Å². The highest BCUT2D eigenvalue weighted by Crippen LogP contribution is 2.25. The lowest BCUT2D eigenvalue weighted by Crippen LogP contribution is -2.20. The minimum absolute atomic E-state index is 0.417. The van der Waals surface area contributed by atoms with Crippen LogP contribution in [0.2, 0.25) is 0 Å². The Labute approximate surface area is 57.6 Å². The quantitative estimate of drug-likeness (QED) is 0.301. The van der Waals surface area contributed by atoms with Gasteiger partial charge in [-0.15, -0.1) is 0 Å². The van der Waals surface area contributed by atoms with Crippen molar-refractivity contribution in [3.05, 3.63) is 0 Å². The molecule has 0 saturated carbocycles. The van der Waals surface area contributed by atoms with Gasteiger partial charge in [-0.25, -0.2) is 9.56 Å². The molecule has 1 N–H and O–H groups in total. The number of aliphatic hydroxyl groups is 1. The fourth-order valence-electron chi connectivity index (χ4n) is 0.157. The van der Waals surface area contributed by atoms with Crippen LogP contribution in [0.25, 0.3) is 0 Å². The summed E-state index contributed by atoms with van der Waals surface area (Å²) in [4.78, 5) is 23.3. The van der Waals surface area contributed by atoms with Gasteiger partial charge in [0.25, 0.3) is 0 Å². The standard InChI is InChI=1S/C3H9O6P/c1-3(2-4)8-9-10(5,6)7/h3-4H,2H2,1H3,(H2,5,6,7)/p-2. The summed E-state index contributed by atoms with van der Waals surface area (Å²) in [7, 11) is -5.07. The van der Waals surface area contributed by atoms with Gasteiger partial charge >= 0.3 is 0 Å². The molecule has 0 aliphatic rings. The van der Waals surface area contributed by atoms with Crippen molar-refractivity contribution < 1.29 is 29.0 Å². The Bertz CT molecular complexity index is 129. The Kier molecular flexibility index (Phi) is 4.04. The van der Waals surface area contributed by atoms with Gasteiger partial charge in [-0.1, -0.05) is 0 Å². The zero-order chi connectivity index (χ0) is 8.20. The average molecular weight is 170 g/mol.